The Hall–Kier alpha value is -2.64. The first kappa shape index (κ1) is 18.7. The zero-order chi connectivity index (χ0) is 19.2. The van der Waals surface area contributed by atoms with Gasteiger partial charge in [-0.15, -0.1) is 0 Å². The monoisotopic (exact) mass is 379 g/mol. The van der Waals surface area contributed by atoms with Crippen molar-refractivity contribution in [3.63, 3.8) is 0 Å². The van der Waals surface area contributed by atoms with E-state index in [1.807, 2.05) is 0 Å². The summed E-state index contributed by atoms with van der Waals surface area (Å²) in [6.07, 6.45) is 10.9. The van der Waals surface area contributed by atoms with E-state index in [0.717, 1.165) is 0 Å². The van der Waals surface area contributed by atoms with Crippen LogP contribution in [0.25, 0.3) is 0 Å². The molecule has 1 aliphatic carbocycles. The highest BCUT2D eigenvalue weighted by atomic mass is 28.3. The molecular formula is C27H27Si. The first-order valence-electron chi connectivity index (χ1n) is 10.3. The van der Waals surface area contributed by atoms with Crippen molar-refractivity contribution in [2.24, 2.45) is 0 Å². The van der Waals surface area contributed by atoms with Gasteiger partial charge in [0.15, 0.2) is 8.07 Å². The highest BCUT2D eigenvalue weighted by Crippen LogP contribution is 2.30. The molecule has 0 atom stereocenters. The lowest BCUT2D eigenvalue weighted by Crippen LogP contribution is -2.70. The van der Waals surface area contributed by atoms with Crippen LogP contribution in [0.4, 0.5) is 0 Å². The topological polar surface area (TPSA) is 0 Å². The lowest BCUT2D eigenvalue weighted by atomic mass is 10.1. The van der Waals surface area contributed by atoms with Crippen molar-refractivity contribution in [2.45, 2.75) is 26.2 Å². The van der Waals surface area contributed by atoms with Crippen molar-refractivity contribution >= 4 is 23.6 Å². The minimum Gasteiger partial charge on any atom is -0.0750 e. The predicted molar refractivity (Wildman–Crippen MR) is 124 cm³/mol. The molecule has 0 N–H and O–H groups in total. The van der Waals surface area contributed by atoms with Gasteiger partial charge in [0, 0.05) is 5.54 Å². The number of unbranched alkanes of at least 4 members (excludes halogenated alkanes) is 1. The van der Waals surface area contributed by atoms with Gasteiger partial charge < -0.3 is 0 Å². The first-order valence-corrected chi connectivity index (χ1v) is 12.3. The van der Waals surface area contributed by atoms with Crippen molar-refractivity contribution in [3.8, 4) is 0 Å². The first-order chi connectivity index (χ1) is 13.9. The highest BCUT2D eigenvalue weighted by molar-refractivity contribution is 7.15. The van der Waals surface area contributed by atoms with Crippen molar-refractivity contribution < 1.29 is 0 Å². The zero-order valence-electron chi connectivity index (χ0n) is 16.5. The maximum atomic E-state index is 2.48. The maximum Gasteiger partial charge on any atom is 0.162 e. The smallest absolute Gasteiger partial charge is 0.0750 e. The third-order valence-corrected chi connectivity index (χ3v) is 10.5. The summed E-state index contributed by atoms with van der Waals surface area (Å²) in [5.41, 5.74) is 2.96. The summed E-state index contributed by atoms with van der Waals surface area (Å²) in [4.78, 5) is 0. The molecule has 0 amide bonds. The number of rotatable bonds is 7. The molecule has 1 radical (unpaired) electrons. The molecule has 0 heterocycles. The zero-order valence-corrected chi connectivity index (χ0v) is 17.5. The van der Waals surface area contributed by atoms with Gasteiger partial charge in [-0.3, -0.25) is 0 Å². The van der Waals surface area contributed by atoms with Gasteiger partial charge in [-0.2, -0.15) is 0 Å². The molecule has 0 saturated carbocycles. The van der Waals surface area contributed by atoms with E-state index < -0.39 is 8.07 Å². The van der Waals surface area contributed by atoms with E-state index in [0.29, 0.717) is 0 Å². The van der Waals surface area contributed by atoms with Crippen LogP contribution >= 0.6 is 0 Å². The number of benzene rings is 3. The second-order valence-electron chi connectivity index (χ2n) is 7.46. The van der Waals surface area contributed by atoms with Gasteiger partial charge in [0.2, 0.25) is 0 Å². The van der Waals surface area contributed by atoms with Gasteiger partial charge in [-0.25, -0.2) is 0 Å². The van der Waals surface area contributed by atoms with Gasteiger partial charge in [-0.05, 0) is 28.4 Å². The molecule has 1 heteroatoms. The molecule has 0 fully saturated rings. The van der Waals surface area contributed by atoms with Crippen LogP contribution in [-0.2, 0) is 0 Å². The second-order valence-corrected chi connectivity index (χ2v) is 11.3. The summed E-state index contributed by atoms with van der Waals surface area (Å²) in [6.45, 7) is 2.26. The van der Waals surface area contributed by atoms with E-state index >= 15 is 0 Å². The Labute approximate surface area is 170 Å². The standard InChI is InChI=1S/C27H27Si/c1-2-3-13-23-20-21-27(22-23)28(24-14-7-4-8-15-24,25-16-9-5-10-17-25)26-18-11-6-12-19-26/h4-12,14-22H,2-3,13H2,1H3. The maximum absolute atomic E-state index is 2.48. The van der Waals surface area contributed by atoms with E-state index in [1.165, 1.54) is 45.9 Å². The lowest BCUT2D eigenvalue weighted by Gasteiger charge is -2.37. The predicted octanol–water partition coefficient (Wildman–Crippen LogP) is 4.96. The summed E-state index contributed by atoms with van der Waals surface area (Å²) in [7, 11) is -2.32. The van der Waals surface area contributed by atoms with E-state index in [4.69, 9.17) is 0 Å². The lowest BCUT2D eigenvalue weighted by molar-refractivity contribution is 0.799. The van der Waals surface area contributed by atoms with Gasteiger partial charge in [0.1, 0.15) is 0 Å². The molecule has 0 nitrogen and oxygen atoms in total. The SMILES string of the molecule is CCCCC1=C[C]([Si](c2ccccc2)(c2ccccc2)c2ccccc2)C=C1. The summed E-state index contributed by atoms with van der Waals surface area (Å²) in [5.74, 6) is 0. The van der Waals surface area contributed by atoms with Crippen LogP contribution in [0.2, 0.25) is 0 Å². The number of allylic oxidation sites excluding steroid dienone is 4. The Bertz CT molecular complexity index is 843. The molecule has 3 aromatic rings. The van der Waals surface area contributed by atoms with Crippen LogP contribution in [0.1, 0.15) is 26.2 Å². The summed E-state index contributed by atoms with van der Waals surface area (Å²) < 4.78 is 0. The molecule has 4 rings (SSSR count). The number of hydrogen-bond acceptors (Lipinski definition) is 0. The number of hydrogen-bond donors (Lipinski definition) is 0. The van der Waals surface area contributed by atoms with Crippen molar-refractivity contribution in [3.05, 3.63) is 120 Å². The Morgan fingerprint density at radius 2 is 1.07 bits per heavy atom. The van der Waals surface area contributed by atoms with Crippen LogP contribution in [0.3, 0.4) is 0 Å². The minimum atomic E-state index is -2.32. The van der Waals surface area contributed by atoms with Crippen LogP contribution < -0.4 is 15.6 Å². The van der Waals surface area contributed by atoms with Gasteiger partial charge in [0.25, 0.3) is 0 Å². The van der Waals surface area contributed by atoms with E-state index in [-0.39, 0.29) is 0 Å². The summed E-state index contributed by atoms with van der Waals surface area (Å²) in [5, 5.41) is 4.33. The minimum absolute atomic E-state index is 1.17. The van der Waals surface area contributed by atoms with Gasteiger partial charge in [0.05, 0.1) is 0 Å². The molecule has 0 aliphatic heterocycles. The van der Waals surface area contributed by atoms with Crippen molar-refractivity contribution in [1.82, 2.24) is 0 Å². The molecule has 0 aromatic heterocycles. The third kappa shape index (κ3) is 3.43. The van der Waals surface area contributed by atoms with E-state index in [2.05, 4.69) is 116 Å². The Kier molecular flexibility index (Phi) is 5.73. The molecule has 139 valence electrons. The van der Waals surface area contributed by atoms with Crippen LogP contribution in [0.15, 0.2) is 115 Å². The van der Waals surface area contributed by atoms with E-state index in [1.54, 1.807) is 0 Å². The molecular weight excluding hydrogens is 352 g/mol. The third-order valence-electron chi connectivity index (χ3n) is 5.69. The molecule has 0 bridgehead atoms. The molecule has 3 aromatic carbocycles. The normalized spacial score (nSPS) is 14.2. The van der Waals surface area contributed by atoms with Crippen LogP contribution in [0, 0.1) is 5.54 Å². The van der Waals surface area contributed by atoms with Crippen molar-refractivity contribution in [2.75, 3.05) is 0 Å². The van der Waals surface area contributed by atoms with E-state index in [9.17, 15) is 0 Å². The quantitative estimate of drug-likeness (QED) is 0.402. The molecule has 0 unspecified atom stereocenters. The fourth-order valence-corrected chi connectivity index (χ4v) is 9.14. The molecule has 0 spiro atoms. The fourth-order valence-electron chi connectivity index (χ4n) is 4.33. The van der Waals surface area contributed by atoms with Crippen LogP contribution in [0.5, 0.6) is 0 Å². The summed E-state index contributed by atoms with van der Waals surface area (Å²) >= 11 is 0. The van der Waals surface area contributed by atoms with Crippen LogP contribution in [-0.4, -0.2) is 8.07 Å². The second kappa shape index (κ2) is 8.58. The van der Waals surface area contributed by atoms with Crippen molar-refractivity contribution in [1.29, 1.82) is 0 Å². The molecule has 28 heavy (non-hydrogen) atoms. The van der Waals surface area contributed by atoms with Gasteiger partial charge in [-0.1, -0.05) is 128 Å². The Morgan fingerprint density at radius 3 is 1.50 bits per heavy atom. The largest absolute Gasteiger partial charge is 0.162 e. The average molecular weight is 380 g/mol. The van der Waals surface area contributed by atoms with Gasteiger partial charge >= 0.3 is 0 Å². The average Bonchev–Trinajstić information content (AvgIpc) is 3.24. The summed E-state index contributed by atoms with van der Waals surface area (Å²) in [6, 6.07) is 33.4. The fraction of sp³-hybridized carbons (Fsp3) is 0.148. The Balaban J connectivity index is 1.95. The molecule has 0 saturated heterocycles. The highest BCUT2D eigenvalue weighted by Gasteiger charge is 2.45. The molecule has 1 aliphatic rings. The Morgan fingerprint density at radius 1 is 0.607 bits per heavy atom.